The highest BCUT2D eigenvalue weighted by atomic mass is 79.9. The summed E-state index contributed by atoms with van der Waals surface area (Å²) in [7, 11) is 0. The van der Waals surface area contributed by atoms with E-state index in [0.29, 0.717) is 6.54 Å². The molecule has 0 aliphatic carbocycles. The van der Waals surface area contributed by atoms with Crippen molar-refractivity contribution < 1.29 is 0 Å². The predicted molar refractivity (Wildman–Crippen MR) is 85.6 cm³/mol. The van der Waals surface area contributed by atoms with Gasteiger partial charge in [0.05, 0.1) is 6.54 Å². The second kappa shape index (κ2) is 5.65. The number of nitrogens with zero attached hydrogens (tertiary/aromatic N) is 4. The minimum Gasteiger partial charge on any atom is -0.399 e. The Kier molecular flexibility index (Phi) is 3.70. The Balaban J connectivity index is 1.97. The van der Waals surface area contributed by atoms with E-state index in [1.807, 2.05) is 43.3 Å². The smallest absolute Gasteiger partial charge is 0.182 e. The molecule has 6 heteroatoms. The quantitative estimate of drug-likeness (QED) is 0.742. The zero-order valence-electron chi connectivity index (χ0n) is 11.5. The summed E-state index contributed by atoms with van der Waals surface area (Å²) in [5, 5.41) is 12.0. The van der Waals surface area contributed by atoms with Crippen molar-refractivity contribution in [3.8, 4) is 11.4 Å². The molecule has 0 saturated carbocycles. The van der Waals surface area contributed by atoms with Crippen LogP contribution in [0.2, 0.25) is 0 Å². The molecule has 1 aromatic heterocycles. The van der Waals surface area contributed by atoms with Crippen molar-refractivity contribution in [2.24, 2.45) is 0 Å². The summed E-state index contributed by atoms with van der Waals surface area (Å²) in [6, 6.07) is 13.8. The molecule has 3 aromatic rings. The summed E-state index contributed by atoms with van der Waals surface area (Å²) in [4.78, 5) is 0. The van der Waals surface area contributed by atoms with Gasteiger partial charge in [-0.1, -0.05) is 28.1 Å². The third kappa shape index (κ3) is 2.95. The van der Waals surface area contributed by atoms with Crippen molar-refractivity contribution in [3.63, 3.8) is 0 Å². The van der Waals surface area contributed by atoms with Gasteiger partial charge in [-0.15, -0.1) is 5.10 Å². The van der Waals surface area contributed by atoms with Crippen LogP contribution in [-0.2, 0) is 6.54 Å². The van der Waals surface area contributed by atoms with E-state index in [4.69, 9.17) is 5.73 Å². The molecule has 0 aliphatic heterocycles. The molecule has 0 saturated heterocycles. The van der Waals surface area contributed by atoms with Gasteiger partial charge in [0.2, 0.25) is 0 Å². The fraction of sp³-hybridized carbons (Fsp3) is 0.133. The molecule has 0 radical (unpaired) electrons. The zero-order chi connectivity index (χ0) is 14.8. The summed E-state index contributed by atoms with van der Waals surface area (Å²) in [5.74, 6) is 0.743. The highest BCUT2D eigenvalue weighted by molar-refractivity contribution is 9.10. The van der Waals surface area contributed by atoms with Crippen LogP contribution in [0, 0.1) is 6.92 Å². The van der Waals surface area contributed by atoms with Gasteiger partial charge in [-0.05, 0) is 58.8 Å². The average Bonchev–Trinajstić information content (AvgIpc) is 2.87. The second-order valence-corrected chi connectivity index (χ2v) is 5.78. The molecule has 0 fully saturated rings. The van der Waals surface area contributed by atoms with E-state index >= 15 is 0 Å². The Bertz CT molecular complexity index is 781. The molecule has 0 atom stereocenters. The Morgan fingerprint density at radius 3 is 2.81 bits per heavy atom. The van der Waals surface area contributed by atoms with Gasteiger partial charge in [0.1, 0.15) is 0 Å². The molecule has 0 amide bonds. The van der Waals surface area contributed by atoms with Crippen molar-refractivity contribution in [1.29, 1.82) is 0 Å². The van der Waals surface area contributed by atoms with E-state index in [2.05, 4.69) is 37.5 Å². The van der Waals surface area contributed by atoms with Crippen LogP contribution in [-0.4, -0.2) is 20.2 Å². The normalized spacial score (nSPS) is 10.8. The van der Waals surface area contributed by atoms with Gasteiger partial charge in [-0.25, -0.2) is 4.68 Å². The van der Waals surface area contributed by atoms with Crippen LogP contribution in [0.1, 0.15) is 11.1 Å². The monoisotopic (exact) mass is 343 g/mol. The summed E-state index contributed by atoms with van der Waals surface area (Å²) >= 11 is 3.47. The van der Waals surface area contributed by atoms with Crippen LogP contribution in [0.5, 0.6) is 0 Å². The number of benzene rings is 2. The third-order valence-electron chi connectivity index (χ3n) is 3.24. The third-order valence-corrected chi connectivity index (χ3v) is 3.74. The fourth-order valence-electron chi connectivity index (χ4n) is 2.25. The number of aromatic nitrogens is 4. The SMILES string of the molecule is Cc1cc(N)ccc1-c1nnnn1Cc1cccc(Br)c1. The van der Waals surface area contributed by atoms with Crippen LogP contribution in [0.3, 0.4) is 0 Å². The lowest BCUT2D eigenvalue weighted by atomic mass is 10.1. The maximum atomic E-state index is 5.80. The number of nitrogen functional groups attached to an aromatic ring is 1. The Morgan fingerprint density at radius 1 is 1.19 bits per heavy atom. The summed E-state index contributed by atoms with van der Waals surface area (Å²) in [6.07, 6.45) is 0. The molecule has 0 aliphatic rings. The van der Waals surface area contributed by atoms with Gasteiger partial charge in [-0.3, -0.25) is 0 Å². The molecule has 0 spiro atoms. The molecule has 3 rings (SSSR count). The lowest BCUT2D eigenvalue weighted by Gasteiger charge is -2.08. The summed E-state index contributed by atoms with van der Waals surface area (Å²) < 4.78 is 2.83. The van der Waals surface area contributed by atoms with Crippen LogP contribution in [0.15, 0.2) is 46.9 Å². The van der Waals surface area contributed by atoms with Gasteiger partial charge in [0.25, 0.3) is 0 Å². The topological polar surface area (TPSA) is 69.6 Å². The van der Waals surface area contributed by atoms with Gasteiger partial charge in [0, 0.05) is 15.7 Å². The molecule has 0 unspecified atom stereocenters. The minimum atomic E-state index is 0.617. The van der Waals surface area contributed by atoms with Gasteiger partial charge in [0.15, 0.2) is 5.82 Å². The number of rotatable bonds is 3. The van der Waals surface area contributed by atoms with Crippen LogP contribution in [0.4, 0.5) is 5.69 Å². The maximum absolute atomic E-state index is 5.80. The molecule has 2 N–H and O–H groups in total. The van der Waals surface area contributed by atoms with Crippen LogP contribution >= 0.6 is 15.9 Å². The van der Waals surface area contributed by atoms with Gasteiger partial charge in [-0.2, -0.15) is 0 Å². The Labute approximate surface area is 130 Å². The number of hydrogen-bond donors (Lipinski definition) is 1. The van der Waals surface area contributed by atoms with Crippen molar-refractivity contribution in [2.75, 3.05) is 5.73 Å². The van der Waals surface area contributed by atoms with E-state index in [1.54, 1.807) is 4.68 Å². The van der Waals surface area contributed by atoms with E-state index in [9.17, 15) is 0 Å². The predicted octanol–water partition coefficient (Wildman–Crippen LogP) is 3.04. The molecular weight excluding hydrogens is 330 g/mol. The molecule has 106 valence electrons. The average molecular weight is 344 g/mol. The first-order valence-corrected chi connectivity index (χ1v) is 7.30. The highest BCUT2D eigenvalue weighted by Crippen LogP contribution is 2.23. The molecule has 1 heterocycles. The maximum Gasteiger partial charge on any atom is 0.182 e. The first-order chi connectivity index (χ1) is 10.1. The summed E-state index contributed by atoms with van der Waals surface area (Å²) in [5.41, 5.74) is 9.71. The number of hydrogen-bond acceptors (Lipinski definition) is 4. The van der Waals surface area contributed by atoms with E-state index in [-0.39, 0.29) is 0 Å². The standard InChI is InChI=1S/C15H14BrN5/c1-10-7-13(17)5-6-14(10)15-18-19-20-21(15)9-11-3-2-4-12(16)8-11/h2-8H,9,17H2,1H3. The Morgan fingerprint density at radius 2 is 2.05 bits per heavy atom. The molecule has 21 heavy (non-hydrogen) atoms. The highest BCUT2D eigenvalue weighted by Gasteiger charge is 2.12. The van der Waals surface area contributed by atoms with Crippen molar-refractivity contribution in [1.82, 2.24) is 20.2 Å². The Hall–Kier alpha value is -2.21. The van der Waals surface area contributed by atoms with E-state index in [0.717, 1.165) is 32.7 Å². The second-order valence-electron chi connectivity index (χ2n) is 4.86. The molecule has 0 bridgehead atoms. The number of halogens is 1. The number of aryl methyl sites for hydroxylation is 1. The first-order valence-electron chi connectivity index (χ1n) is 6.50. The summed E-state index contributed by atoms with van der Waals surface area (Å²) in [6.45, 7) is 2.62. The van der Waals surface area contributed by atoms with Crippen molar-refractivity contribution >= 4 is 21.6 Å². The van der Waals surface area contributed by atoms with Gasteiger partial charge < -0.3 is 5.73 Å². The number of anilines is 1. The van der Waals surface area contributed by atoms with Crippen molar-refractivity contribution in [3.05, 3.63) is 58.1 Å². The van der Waals surface area contributed by atoms with E-state index in [1.165, 1.54) is 0 Å². The van der Waals surface area contributed by atoms with Crippen LogP contribution in [0.25, 0.3) is 11.4 Å². The number of tetrazole rings is 1. The van der Waals surface area contributed by atoms with Gasteiger partial charge >= 0.3 is 0 Å². The first kappa shape index (κ1) is 13.8. The van der Waals surface area contributed by atoms with E-state index < -0.39 is 0 Å². The molecule has 2 aromatic carbocycles. The lowest BCUT2D eigenvalue weighted by molar-refractivity contribution is 0.653. The molecular formula is C15H14BrN5. The van der Waals surface area contributed by atoms with Crippen LogP contribution < -0.4 is 5.73 Å². The number of nitrogens with two attached hydrogens (primary N) is 1. The molecule has 5 nitrogen and oxygen atoms in total. The van der Waals surface area contributed by atoms with Crippen molar-refractivity contribution in [2.45, 2.75) is 13.5 Å². The largest absolute Gasteiger partial charge is 0.399 e. The lowest BCUT2D eigenvalue weighted by Crippen LogP contribution is -2.05. The fourth-order valence-corrected chi connectivity index (χ4v) is 2.70. The zero-order valence-corrected chi connectivity index (χ0v) is 13.1. The minimum absolute atomic E-state index is 0.617.